The summed E-state index contributed by atoms with van der Waals surface area (Å²) in [7, 11) is 0. The molecule has 0 aliphatic carbocycles. The van der Waals surface area contributed by atoms with E-state index in [4.69, 9.17) is 0 Å². The molecular weight excluding hydrogens is 366 g/mol. The maximum absolute atomic E-state index is 13.1. The third-order valence-corrected chi connectivity index (χ3v) is 6.73. The average Bonchev–Trinajstić information content (AvgIpc) is 2.83. The van der Waals surface area contributed by atoms with Crippen molar-refractivity contribution in [3.63, 3.8) is 0 Å². The number of hydrogen-bond donors (Lipinski definition) is 0. The standard InChI is InChI=1S/C28H27NO/c30-26(22-10-4-1-5-11-22)20-25-21-16-18-29(19-17-21)28(25)27(23-12-6-2-7-13-23)24-14-8-3-9-15-24/h1-15,20-21,27-28H,16-19H2/b25-20+. The molecule has 3 aromatic carbocycles. The summed E-state index contributed by atoms with van der Waals surface area (Å²) in [6.07, 6.45) is 4.27. The Morgan fingerprint density at radius 2 is 1.27 bits per heavy atom. The van der Waals surface area contributed by atoms with E-state index in [0.29, 0.717) is 5.92 Å². The van der Waals surface area contributed by atoms with Crippen molar-refractivity contribution in [2.75, 3.05) is 13.1 Å². The maximum atomic E-state index is 13.1. The minimum Gasteiger partial charge on any atom is -0.296 e. The van der Waals surface area contributed by atoms with Gasteiger partial charge in [0.05, 0.1) is 0 Å². The van der Waals surface area contributed by atoms with E-state index in [1.165, 1.54) is 16.7 Å². The van der Waals surface area contributed by atoms with Crippen LogP contribution in [-0.4, -0.2) is 29.8 Å². The highest BCUT2D eigenvalue weighted by molar-refractivity contribution is 6.05. The third-order valence-electron chi connectivity index (χ3n) is 6.73. The molecule has 6 rings (SSSR count). The van der Waals surface area contributed by atoms with Crippen molar-refractivity contribution in [3.8, 4) is 0 Å². The molecule has 3 heterocycles. The molecule has 0 saturated carbocycles. The van der Waals surface area contributed by atoms with Crippen LogP contribution >= 0.6 is 0 Å². The lowest BCUT2D eigenvalue weighted by molar-refractivity contribution is 0.0905. The van der Waals surface area contributed by atoms with Gasteiger partial charge in [-0.2, -0.15) is 0 Å². The molecule has 3 aromatic rings. The molecule has 2 bridgehead atoms. The summed E-state index contributed by atoms with van der Waals surface area (Å²) in [5.74, 6) is 0.858. The van der Waals surface area contributed by atoms with Gasteiger partial charge in [0.1, 0.15) is 0 Å². The number of rotatable bonds is 5. The summed E-state index contributed by atoms with van der Waals surface area (Å²) in [5.41, 5.74) is 4.73. The number of piperidine rings is 3. The molecule has 3 fully saturated rings. The maximum Gasteiger partial charge on any atom is 0.185 e. The Morgan fingerprint density at radius 1 is 0.767 bits per heavy atom. The molecule has 3 saturated heterocycles. The molecule has 0 aromatic heterocycles. The first kappa shape index (κ1) is 19.0. The number of nitrogens with zero attached hydrogens (tertiary/aromatic N) is 1. The molecular formula is C28H27NO. The van der Waals surface area contributed by atoms with Crippen molar-refractivity contribution in [2.45, 2.75) is 24.8 Å². The molecule has 2 heteroatoms. The molecule has 0 radical (unpaired) electrons. The van der Waals surface area contributed by atoms with E-state index >= 15 is 0 Å². The van der Waals surface area contributed by atoms with Crippen molar-refractivity contribution < 1.29 is 4.79 Å². The van der Waals surface area contributed by atoms with Gasteiger partial charge in [0.25, 0.3) is 0 Å². The highest BCUT2D eigenvalue weighted by atomic mass is 16.1. The SMILES string of the molecule is O=C(/C=C1\C2CCN(CC2)C1C(c1ccccc1)c1ccccc1)c1ccccc1. The lowest BCUT2D eigenvalue weighted by atomic mass is 9.70. The summed E-state index contributed by atoms with van der Waals surface area (Å²) in [5, 5.41) is 0. The van der Waals surface area contributed by atoms with Crippen LogP contribution in [0, 0.1) is 5.92 Å². The van der Waals surface area contributed by atoms with E-state index in [-0.39, 0.29) is 17.7 Å². The smallest absolute Gasteiger partial charge is 0.185 e. The van der Waals surface area contributed by atoms with Crippen LogP contribution in [0.15, 0.2) is 103 Å². The molecule has 150 valence electrons. The van der Waals surface area contributed by atoms with Crippen LogP contribution in [0.4, 0.5) is 0 Å². The second kappa shape index (κ2) is 8.41. The van der Waals surface area contributed by atoms with E-state index in [1.807, 2.05) is 36.4 Å². The molecule has 0 N–H and O–H groups in total. The zero-order valence-corrected chi connectivity index (χ0v) is 17.2. The second-order valence-corrected chi connectivity index (χ2v) is 8.43. The zero-order chi connectivity index (χ0) is 20.3. The first-order chi connectivity index (χ1) is 14.8. The van der Waals surface area contributed by atoms with Crippen LogP contribution in [0.25, 0.3) is 0 Å². The number of fused-ring (bicyclic) bond motifs is 3. The minimum absolute atomic E-state index is 0.129. The number of allylic oxidation sites excluding steroid dienone is 1. The molecule has 2 nitrogen and oxygen atoms in total. The largest absolute Gasteiger partial charge is 0.296 e. The Bertz CT molecular complexity index is 979. The quantitative estimate of drug-likeness (QED) is 0.408. The van der Waals surface area contributed by atoms with E-state index in [2.05, 4.69) is 65.6 Å². The molecule has 3 aliphatic rings. The Kier molecular flexibility index (Phi) is 5.33. The monoisotopic (exact) mass is 393 g/mol. The second-order valence-electron chi connectivity index (χ2n) is 8.43. The Morgan fingerprint density at radius 3 is 1.80 bits per heavy atom. The highest BCUT2D eigenvalue weighted by Gasteiger charge is 2.43. The summed E-state index contributed by atoms with van der Waals surface area (Å²) < 4.78 is 0. The summed E-state index contributed by atoms with van der Waals surface area (Å²) in [6.45, 7) is 2.23. The Labute approximate surface area is 178 Å². The summed E-state index contributed by atoms with van der Waals surface area (Å²) >= 11 is 0. The molecule has 1 unspecified atom stereocenters. The van der Waals surface area contributed by atoms with Crippen LogP contribution in [0.5, 0.6) is 0 Å². The fourth-order valence-corrected chi connectivity index (χ4v) is 5.28. The van der Waals surface area contributed by atoms with Crippen LogP contribution in [-0.2, 0) is 0 Å². The lowest BCUT2D eigenvalue weighted by Gasteiger charge is -2.50. The Balaban J connectivity index is 1.61. The highest BCUT2D eigenvalue weighted by Crippen LogP contribution is 2.45. The van der Waals surface area contributed by atoms with Crippen LogP contribution in [0.3, 0.4) is 0 Å². The van der Waals surface area contributed by atoms with Gasteiger partial charge in [-0.1, -0.05) is 91.0 Å². The van der Waals surface area contributed by atoms with Crippen LogP contribution in [0.2, 0.25) is 0 Å². The predicted octanol–water partition coefficient (Wildman–Crippen LogP) is 5.72. The summed E-state index contributed by atoms with van der Waals surface area (Å²) in [6, 6.07) is 31.5. The van der Waals surface area contributed by atoms with Crippen LogP contribution in [0.1, 0.15) is 40.2 Å². The van der Waals surface area contributed by atoms with E-state index in [0.717, 1.165) is 31.5 Å². The number of ketones is 1. The van der Waals surface area contributed by atoms with Gasteiger partial charge in [-0.25, -0.2) is 0 Å². The number of benzene rings is 3. The van der Waals surface area contributed by atoms with Gasteiger partial charge in [0.2, 0.25) is 0 Å². The van der Waals surface area contributed by atoms with Gasteiger partial charge in [-0.05, 0) is 54.6 Å². The molecule has 0 amide bonds. The van der Waals surface area contributed by atoms with Gasteiger partial charge < -0.3 is 0 Å². The van der Waals surface area contributed by atoms with Gasteiger partial charge in [0.15, 0.2) is 5.78 Å². The van der Waals surface area contributed by atoms with E-state index in [1.54, 1.807) is 0 Å². The predicted molar refractivity (Wildman–Crippen MR) is 122 cm³/mol. The van der Waals surface area contributed by atoms with Crippen molar-refractivity contribution in [3.05, 3.63) is 119 Å². The minimum atomic E-state index is 0.129. The molecule has 0 spiro atoms. The van der Waals surface area contributed by atoms with Gasteiger partial charge in [0, 0.05) is 17.5 Å². The molecule has 1 atom stereocenters. The topological polar surface area (TPSA) is 20.3 Å². The van der Waals surface area contributed by atoms with Gasteiger partial charge in [-0.3, -0.25) is 9.69 Å². The van der Waals surface area contributed by atoms with Crippen molar-refractivity contribution in [1.29, 1.82) is 0 Å². The fourth-order valence-electron chi connectivity index (χ4n) is 5.28. The van der Waals surface area contributed by atoms with Gasteiger partial charge >= 0.3 is 0 Å². The zero-order valence-electron chi connectivity index (χ0n) is 17.2. The number of carbonyl (C=O) groups excluding carboxylic acids is 1. The first-order valence-electron chi connectivity index (χ1n) is 11.0. The number of carbonyl (C=O) groups is 1. The van der Waals surface area contributed by atoms with Gasteiger partial charge in [-0.15, -0.1) is 0 Å². The average molecular weight is 394 g/mol. The number of hydrogen-bond acceptors (Lipinski definition) is 2. The lowest BCUT2D eigenvalue weighted by Crippen LogP contribution is -2.53. The normalized spacial score (nSPS) is 24.3. The van der Waals surface area contributed by atoms with Crippen LogP contribution < -0.4 is 0 Å². The van der Waals surface area contributed by atoms with Crippen molar-refractivity contribution in [2.24, 2.45) is 5.92 Å². The first-order valence-corrected chi connectivity index (χ1v) is 11.0. The third kappa shape index (κ3) is 3.64. The summed E-state index contributed by atoms with van der Waals surface area (Å²) in [4.78, 5) is 15.7. The van der Waals surface area contributed by atoms with E-state index in [9.17, 15) is 4.79 Å². The molecule has 3 aliphatic heterocycles. The Hall–Kier alpha value is -2.97. The van der Waals surface area contributed by atoms with Crippen molar-refractivity contribution >= 4 is 5.78 Å². The molecule has 30 heavy (non-hydrogen) atoms. The van der Waals surface area contributed by atoms with E-state index < -0.39 is 0 Å². The van der Waals surface area contributed by atoms with Crippen molar-refractivity contribution in [1.82, 2.24) is 4.90 Å². The fraction of sp³-hybridized carbons (Fsp3) is 0.250.